The van der Waals surface area contributed by atoms with Crippen LogP contribution in [0.1, 0.15) is 68.9 Å². The lowest BCUT2D eigenvalue weighted by molar-refractivity contribution is 0.191. The molecule has 1 saturated carbocycles. The Morgan fingerprint density at radius 2 is 1.59 bits per heavy atom. The fraction of sp³-hybridized carbons (Fsp3) is 0.500. The average Bonchev–Trinajstić information content (AvgIpc) is 2.87. The molecule has 0 amide bonds. The van der Waals surface area contributed by atoms with E-state index in [2.05, 4.69) is 24.3 Å². The van der Waals surface area contributed by atoms with Crippen LogP contribution in [0.3, 0.4) is 0 Å². The molecule has 0 saturated heterocycles. The molecule has 0 N–H and O–H groups in total. The van der Waals surface area contributed by atoms with E-state index in [4.69, 9.17) is 9.47 Å². The lowest BCUT2D eigenvalue weighted by Gasteiger charge is -2.29. The van der Waals surface area contributed by atoms with Crippen molar-refractivity contribution >= 4 is 0 Å². The van der Waals surface area contributed by atoms with Gasteiger partial charge in [-0.25, -0.2) is 8.78 Å². The molecule has 0 spiro atoms. The molecule has 34 heavy (non-hydrogen) atoms. The Balaban J connectivity index is 1.42. The predicted octanol–water partition coefficient (Wildman–Crippen LogP) is 8.25. The summed E-state index contributed by atoms with van der Waals surface area (Å²) in [4.78, 5) is 0. The van der Waals surface area contributed by atoms with E-state index in [1.807, 2.05) is 6.92 Å². The largest absolute Gasteiger partial charge is 0.490 e. The minimum atomic E-state index is -1.03. The normalized spacial score (nSPS) is 18.7. The highest BCUT2D eigenvalue weighted by molar-refractivity contribution is 5.35. The SMILES string of the molecule is CCCOc1ccc(OCC2CCC(c3ccc(CCC/C=C(\F)CF)cc3)CC2)c(F)c1F. The zero-order chi connectivity index (χ0) is 24.3. The van der Waals surface area contributed by atoms with E-state index in [0.29, 0.717) is 31.5 Å². The van der Waals surface area contributed by atoms with Crippen LogP contribution < -0.4 is 9.47 Å². The van der Waals surface area contributed by atoms with Gasteiger partial charge in [-0.1, -0.05) is 37.3 Å². The maximum atomic E-state index is 14.3. The van der Waals surface area contributed by atoms with Crippen molar-refractivity contribution in [2.24, 2.45) is 5.92 Å². The fourth-order valence-corrected chi connectivity index (χ4v) is 4.39. The highest BCUT2D eigenvalue weighted by Crippen LogP contribution is 2.36. The van der Waals surface area contributed by atoms with E-state index >= 15 is 0 Å². The monoisotopic (exact) mass is 478 g/mol. The third-order valence-electron chi connectivity index (χ3n) is 6.41. The van der Waals surface area contributed by atoms with E-state index in [1.54, 1.807) is 0 Å². The Morgan fingerprint density at radius 1 is 0.941 bits per heavy atom. The van der Waals surface area contributed by atoms with Crippen LogP contribution in [0.15, 0.2) is 48.3 Å². The summed E-state index contributed by atoms with van der Waals surface area (Å²) in [7, 11) is 0. The number of hydrogen-bond donors (Lipinski definition) is 0. The first-order valence-corrected chi connectivity index (χ1v) is 12.2. The molecule has 6 heteroatoms. The predicted molar refractivity (Wildman–Crippen MR) is 127 cm³/mol. The van der Waals surface area contributed by atoms with Gasteiger partial charge in [0.15, 0.2) is 11.5 Å². The molecule has 0 unspecified atom stereocenters. The molecule has 0 atom stereocenters. The van der Waals surface area contributed by atoms with Gasteiger partial charge in [0.2, 0.25) is 11.6 Å². The lowest BCUT2D eigenvalue weighted by atomic mass is 9.79. The Labute approximate surface area is 200 Å². The molecular formula is C28H34F4O2. The minimum Gasteiger partial charge on any atom is -0.490 e. The van der Waals surface area contributed by atoms with Crippen LogP contribution >= 0.6 is 0 Å². The maximum Gasteiger partial charge on any atom is 0.204 e. The zero-order valence-corrected chi connectivity index (χ0v) is 19.8. The average molecular weight is 479 g/mol. The summed E-state index contributed by atoms with van der Waals surface area (Å²) in [6, 6.07) is 11.4. The third kappa shape index (κ3) is 7.51. The van der Waals surface area contributed by atoms with Crippen molar-refractivity contribution < 1.29 is 27.0 Å². The third-order valence-corrected chi connectivity index (χ3v) is 6.41. The fourth-order valence-electron chi connectivity index (χ4n) is 4.39. The van der Waals surface area contributed by atoms with Gasteiger partial charge in [0, 0.05) is 0 Å². The van der Waals surface area contributed by atoms with E-state index in [0.717, 1.165) is 44.9 Å². The molecule has 1 aliphatic carbocycles. The highest BCUT2D eigenvalue weighted by Gasteiger charge is 2.24. The van der Waals surface area contributed by atoms with E-state index in [1.165, 1.54) is 29.3 Å². The Morgan fingerprint density at radius 3 is 2.21 bits per heavy atom. The molecule has 0 aromatic heterocycles. The number of allylic oxidation sites excluding steroid dienone is 2. The number of benzene rings is 2. The van der Waals surface area contributed by atoms with E-state index in [9.17, 15) is 17.6 Å². The molecule has 2 nitrogen and oxygen atoms in total. The second kappa shape index (κ2) is 13.4. The van der Waals surface area contributed by atoms with E-state index in [-0.39, 0.29) is 11.5 Å². The van der Waals surface area contributed by atoms with Gasteiger partial charge in [0.05, 0.1) is 13.2 Å². The van der Waals surface area contributed by atoms with Crippen molar-refractivity contribution in [1.29, 1.82) is 0 Å². The summed E-state index contributed by atoms with van der Waals surface area (Å²) in [6.07, 6.45) is 8.20. The summed E-state index contributed by atoms with van der Waals surface area (Å²) in [5.41, 5.74) is 2.50. The molecular weight excluding hydrogens is 444 g/mol. The molecule has 186 valence electrons. The van der Waals surface area contributed by atoms with Crippen molar-refractivity contribution in [3.05, 3.63) is 71.1 Å². The number of ether oxygens (including phenoxy) is 2. The number of unbranched alkanes of at least 4 members (excludes halogenated alkanes) is 1. The molecule has 2 aromatic carbocycles. The Bertz CT molecular complexity index is 919. The zero-order valence-electron chi connectivity index (χ0n) is 19.8. The highest BCUT2D eigenvalue weighted by atomic mass is 19.2. The van der Waals surface area contributed by atoms with Crippen LogP contribution in [0.4, 0.5) is 17.6 Å². The molecule has 0 aliphatic heterocycles. The lowest BCUT2D eigenvalue weighted by Crippen LogP contribution is -2.19. The van der Waals surface area contributed by atoms with Gasteiger partial charge in [-0.15, -0.1) is 0 Å². The van der Waals surface area contributed by atoms with Gasteiger partial charge in [-0.3, -0.25) is 0 Å². The van der Waals surface area contributed by atoms with Crippen LogP contribution in [-0.4, -0.2) is 19.9 Å². The summed E-state index contributed by atoms with van der Waals surface area (Å²) < 4.78 is 64.2. The van der Waals surface area contributed by atoms with Gasteiger partial charge in [0.25, 0.3) is 0 Å². The van der Waals surface area contributed by atoms with Crippen molar-refractivity contribution in [2.45, 2.75) is 64.2 Å². The second-order valence-corrected chi connectivity index (χ2v) is 8.99. The minimum absolute atomic E-state index is 0.0676. The van der Waals surface area contributed by atoms with Gasteiger partial charge >= 0.3 is 0 Å². The molecule has 1 fully saturated rings. The summed E-state index contributed by atoms with van der Waals surface area (Å²) in [6.45, 7) is 1.58. The van der Waals surface area contributed by atoms with Gasteiger partial charge in [0.1, 0.15) is 12.5 Å². The van der Waals surface area contributed by atoms with Crippen molar-refractivity contribution in [3.8, 4) is 11.5 Å². The second-order valence-electron chi connectivity index (χ2n) is 8.99. The number of hydrogen-bond acceptors (Lipinski definition) is 2. The molecule has 1 aliphatic rings. The van der Waals surface area contributed by atoms with Crippen LogP contribution in [-0.2, 0) is 6.42 Å². The molecule has 3 rings (SSSR count). The quantitative estimate of drug-likeness (QED) is 0.226. The summed E-state index contributed by atoms with van der Waals surface area (Å²) >= 11 is 0. The van der Waals surface area contributed by atoms with Crippen LogP contribution in [0.25, 0.3) is 0 Å². The maximum absolute atomic E-state index is 14.3. The number of halogens is 4. The van der Waals surface area contributed by atoms with E-state index < -0.39 is 24.1 Å². The topological polar surface area (TPSA) is 18.5 Å². The van der Waals surface area contributed by atoms with Gasteiger partial charge < -0.3 is 9.47 Å². The van der Waals surface area contributed by atoms with Crippen LogP contribution in [0.5, 0.6) is 11.5 Å². The van der Waals surface area contributed by atoms with Crippen molar-refractivity contribution in [3.63, 3.8) is 0 Å². The van der Waals surface area contributed by atoms with Crippen molar-refractivity contribution in [1.82, 2.24) is 0 Å². The smallest absolute Gasteiger partial charge is 0.204 e. The Kier molecular flexibility index (Phi) is 10.3. The first-order valence-electron chi connectivity index (χ1n) is 12.2. The molecule has 0 radical (unpaired) electrons. The summed E-state index contributed by atoms with van der Waals surface area (Å²) in [5, 5.41) is 0. The number of rotatable bonds is 12. The first-order chi connectivity index (χ1) is 16.5. The van der Waals surface area contributed by atoms with Gasteiger partial charge in [-0.2, -0.15) is 8.78 Å². The Hall–Kier alpha value is -2.50. The number of aryl methyl sites for hydroxylation is 1. The first kappa shape index (κ1) is 26.1. The number of alkyl halides is 1. The van der Waals surface area contributed by atoms with Gasteiger partial charge in [-0.05, 0) is 86.5 Å². The van der Waals surface area contributed by atoms with Crippen LogP contribution in [0, 0.1) is 17.6 Å². The standard InChI is InChI=1S/C28H34F4O2/c1-2-17-33-25-15-16-26(28(32)27(25)31)34-19-21-9-13-23(14-10-21)22-11-7-20(8-12-22)5-3-4-6-24(30)18-29/h6-8,11-12,15-16,21,23H,2-5,9-10,13-14,17-19H2,1H3/b24-6-. The summed E-state index contributed by atoms with van der Waals surface area (Å²) in [5.74, 6) is -2.04. The molecule has 0 heterocycles. The molecule has 0 bridgehead atoms. The van der Waals surface area contributed by atoms with Crippen molar-refractivity contribution in [2.75, 3.05) is 19.9 Å². The molecule has 2 aromatic rings. The van der Waals surface area contributed by atoms with Crippen LogP contribution in [0.2, 0.25) is 0 Å².